The predicted octanol–water partition coefficient (Wildman–Crippen LogP) is 14.5. The molecule has 5 aromatic rings. The second kappa shape index (κ2) is 15.3. The van der Waals surface area contributed by atoms with E-state index in [1.807, 2.05) is 0 Å². The number of aromatic nitrogens is 2. The first-order chi connectivity index (χ1) is 25.8. The fraction of sp³-hybridized carbons (Fsp3) is 0.460. The molecular formula is C50H63N2P. The summed E-state index contributed by atoms with van der Waals surface area (Å²) < 4.78 is 5.62. The van der Waals surface area contributed by atoms with Gasteiger partial charge < -0.3 is 9.13 Å². The zero-order valence-electron chi connectivity index (χ0n) is 33.6. The lowest BCUT2D eigenvalue weighted by atomic mass is 9.92. The van der Waals surface area contributed by atoms with Crippen molar-refractivity contribution >= 4 is 23.7 Å². The summed E-state index contributed by atoms with van der Waals surface area (Å²) in [5.74, 6) is 0. The molecule has 1 heterocycles. The Labute approximate surface area is 320 Å². The molecule has 0 radical (unpaired) electrons. The third kappa shape index (κ3) is 6.77. The molecule has 3 aliphatic carbocycles. The van der Waals surface area contributed by atoms with Crippen LogP contribution in [0.1, 0.15) is 129 Å². The van der Waals surface area contributed by atoms with Gasteiger partial charge in [0.05, 0.1) is 11.4 Å². The molecule has 2 nitrogen and oxygen atoms in total. The quantitative estimate of drug-likeness (QED) is 0.154. The molecule has 3 aliphatic rings. The van der Waals surface area contributed by atoms with E-state index in [9.17, 15) is 0 Å². The molecule has 3 heteroatoms. The van der Waals surface area contributed by atoms with E-state index in [2.05, 4.69) is 136 Å². The van der Waals surface area contributed by atoms with Gasteiger partial charge in [0.2, 0.25) is 0 Å². The molecule has 0 saturated heterocycles. The number of benzene rings is 4. The Balaban J connectivity index is 1.55. The zero-order valence-corrected chi connectivity index (χ0v) is 34.5. The van der Waals surface area contributed by atoms with Crippen LogP contribution in [0, 0.1) is 46.7 Å². The number of aryl methyl sites for hydroxylation is 6. The lowest BCUT2D eigenvalue weighted by molar-refractivity contribution is 0.472. The summed E-state index contributed by atoms with van der Waals surface area (Å²) in [6.45, 7) is 12.1. The van der Waals surface area contributed by atoms with Crippen molar-refractivity contribution in [3.63, 3.8) is 0 Å². The van der Waals surface area contributed by atoms with Crippen LogP contribution in [-0.4, -0.2) is 26.1 Å². The van der Waals surface area contributed by atoms with Gasteiger partial charge >= 0.3 is 0 Å². The summed E-state index contributed by atoms with van der Waals surface area (Å²) in [4.78, 5) is 0. The first kappa shape index (κ1) is 36.5. The van der Waals surface area contributed by atoms with Gasteiger partial charge in [0.25, 0.3) is 0 Å². The van der Waals surface area contributed by atoms with E-state index in [1.54, 1.807) is 10.8 Å². The summed E-state index contributed by atoms with van der Waals surface area (Å²) in [6.07, 6.45) is 26.9. The van der Waals surface area contributed by atoms with E-state index in [0.29, 0.717) is 5.66 Å². The average Bonchev–Trinajstić information content (AvgIpc) is 3.56. The maximum atomic E-state index is 2.81. The van der Waals surface area contributed by atoms with Crippen molar-refractivity contribution in [2.75, 3.05) is 0 Å². The number of imidazole rings is 1. The molecule has 0 amide bonds. The molecule has 1 atom stereocenters. The van der Waals surface area contributed by atoms with Crippen molar-refractivity contribution in [1.29, 1.82) is 0 Å². The van der Waals surface area contributed by atoms with Crippen LogP contribution in [0.25, 0.3) is 28.2 Å². The summed E-state index contributed by atoms with van der Waals surface area (Å²) in [6, 6.07) is 25.9. The highest BCUT2D eigenvalue weighted by Gasteiger charge is 2.47. The molecule has 0 bridgehead atoms. The van der Waals surface area contributed by atoms with E-state index in [4.69, 9.17) is 0 Å². The van der Waals surface area contributed by atoms with Crippen molar-refractivity contribution in [3.05, 3.63) is 129 Å². The van der Waals surface area contributed by atoms with Crippen LogP contribution < -0.4 is 0 Å². The summed E-state index contributed by atoms with van der Waals surface area (Å²) >= 11 is 0. The van der Waals surface area contributed by atoms with Gasteiger partial charge in [-0.15, -0.1) is 0 Å². The Morgan fingerprint density at radius 3 is 1.55 bits per heavy atom. The number of hydrogen-bond acceptors (Lipinski definition) is 0. The van der Waals surface area contributed by atoms with Crippen LogP contribution >= 0.6 is 6.89 Å². The Kier molecular flexibility index (Phi) is 10.6. The molecule has 3 fully saturated rings. The Morgan fingerprint density at radius 1 is 0.528 bits per heavy atom. The third-order valence-electron chi connectivity index (χ3n) is 13.5. The maximum Gasteiger partial charge on any atom is 0.117 e. The van der Waals surface area contributed by atoms with Gasteiger partial charge in [-0.25, -0.2) is 0 Å². The van der Waals surface area contributed by atoms with Crippen LogP contribution in [0.5, 0.6) is 0 Å². The van der Waals surface area contributed by atoms with Crippen molar-refractivity contribution < 1.29 is 0 Å². The molecule has 4 aromatic carbocycles. The Bertz CT molecular complexity index is 2100. The van der Waals surface area contributed by atoms with Crippen LogP contribution in [0.4, 0.5) is 0 Å². The Morgan fingerprint density at radius 2 is 1.02 bits per heavy atom. The van der Waals surface area contributed by atoms with Gasteiger partial charge in [0.1, 0.15) is 5.20 Å². The van der Waals surface area contributed by atoms with Gasteiger partial charge in [-0.1, -0.05) is 128 Å². The molecule has 1 unspecified atom stereocenters. The Hall–Kier alpha value is -3.48. The van der Waals surface area contributed by atoms with Crippen molar-refractivity contribution in [3.8, 4) is 11.4 Å². The molecule has 278 valence electrons. The van der Waals surface area contributed by atoms with Gasteiger partial charge in [-0.3, -0.25) is 0 Å². The zero-order chi connectivity index (χ0) is 36.7. The predicted molar refractivity (Wildman–Crippen MR) is 232 cm³/mol. The summed E-state index contributed by atoms with van der Waals surface area (Å²) in [5.41, 5.74) is 16.5. The normalized spacial score (nSPS) is 20.0. The molecule has 0 N–H and O–H groups in total. The first-order valence-electron chi connectivity index (χ1n) is 21.1. The smallest absolute Gasteiger partial charge is 0.117 e. The molecule has 0 spiro atoms. The highest BCUT2D eigenvalue weighted by Crippen LogP contribution is 2.72. The minimum atomic E-state index is -1.92. The van der Waals surface area contributed by atoms with E-state index < -0.39 is 6.89 Å². The van der Waals surface area contributed by atoms with Crippen LogP contribution in [0.15, 0.2) is 84.7 Å². The van der Waals surface area contributed by atoms with E-state index in [1.165, 1.54) is 151 Å². The van der Waals surface area contributed by atoms with Crippen LogP contribution in [0.2, 0.25) is 0 Å². The number of nitrogens with zero attached hydrogens (tertiary/aromatic N) is 2. The molecule has 1 aromatic heterocycles. The number of fused-ring (bicyclic) bond motifs is 1. The van der Waals surface area contributed by atoms with E-state index >= 15 is 0 Å². The lowest BCUT2D eigenvalue weighted by Gasteiger charge is -2.51. The minimum Gasteiger partial charge on any atom is -0.301 e. The van der Waals surface area contributed by atoms with Crippen molar-refractivity contribution in [2.45, 2.75) is 148 Å². The molecule has 53 heavy (non-hydrogen) atoms. The third-order valence-corrected chi connectivity index (χ3v) is 19.7. The van der Waals surface area contributed by atoms with E-state index in [-0.39, 0.29) is 0 Å². The van der Waals surface area contributed by atoms with Gasteiger partial charge in [0, 0.05) is 18.1 Å². The summed E-state index contributed by atoms with van der Waals surface area (Å²) in [5, 5.41) is 4.39. The second-order valence-corrected chi connectivity index (χ2v) is 21.5. The lowest BCUT2D eigenvalue weighted by Crippen LogP contribution is -2.34. The van der Waals surface area contributed by atoms with Crippen LogP contribution in [-0.2, 0) is 0 Å². The molecule has 0 aliphatic heterocycles. The highest BCUT2D eigenvalue weighted by atomic mass is 31.2. The number of hydrogen-bond donors (Lipinski definition) is 0. The van der Waals surface area contributed by atoms with Gasteiger partial charge in [-0.2, -0.15) is 0 Å². The average molecular weight is 723 g/mol. The molecular weight excluding hydrogens is 660 g/mol. The largest absolute Gasteiger partial charge is 0.301 e. The van der Waals surface area contributed by atoms with Crippen LogP contribution in [0.3, 0.4) is 0 Å². The molecule has 3 saturated carbocycles. The highest BCUT2D eigenvalue weighted by molar-refractivity contribution is 7.70. The topological polar surface area (TPSA) is 9.86 Å². The fourth-order valence-electron chi connectivity index (χ4n) is 11.7. The SMILES string of the molecule is Cc1cc(C)c(-n2ccn(-c3c(C)cc(C)cc3C)c2=P(C2CCCCC2)(C2CCCCC2)C2CCCCC2=Cc2ccc3ccccc3c2)c(C)c1. The van der Waals surface area contributed by atoms with E-state index in [0.717, 1.165) is 11.3 Å². The maximum absolute atomic E-state index is 2.81. The minimum absolute atomic E-state index is 0.617. The molecule has 8 rings (SSSR count). The van der Waals surface area contributed by atoms with Gasteiger partial charge in [0.15, 0.2) is 0 Å². The summed E-state index contributed by atoms with van der Waals surface area (Å²) in [7, 11) is 0. The number of allylic oxidation sites excluding steroid dienone is 1. The monoisotopic (exact) mass is 722 g/mol. The first-order valence-corrected chi connectivity index (χ1v) is 23.1. The number of rotatable bonds is 6. The van der Waals surface area contributed by atoms with Crippen molar-refractivity contribution in [1.82, 2.24) is 9.13 Å². The van der Waals surface area contributed by atoms with Gasteiger partial charge in [-0.05, 0) is 149 Å². The van der Waals surface area contributed by atoms with Crippen molar-refractivity contribution in [2.24, 2.45) is 0 Å². The standard InChI is InChI=1S/C50H63N2P/c1-35-29-37(3)48(38(4)30-35)51-27-28-52(49-39(5)31-36(2)32-40(49)6)50(51)53(45-20-9-7-10-21-45,46-22-11-8-12-23-46)47-24-16-15-19-44(47)34-41-25-26-42-17-13-14-18-43(42)33-41/h13-14,17-18,25-34,45-47H,7-12,15-16,19-24H2,1-6H3. The fourth-order valence-corrected chi connectivity index (χ4v) is 19.1. The second-order valence-electron chi connectivity index (χ2n) is 17.3.